The highest BCUT2D eigenvalue weighted by molar-refractivity contribution is 5.94. The first-order valence-electron chi connectivity index (χ1n) is 10.2. The molecule has 30 heavy (non-hydrogen) atoms. The predicted molar refractivity (Wildman–Crippen MR) is 112 cm³/mol. The molecule has 1 fully saturated rings. The number of rotatable bonds is 4. The molecule has 0 atom stereocenters. The van der Waals surface area contributed by atoms with Gasteiger partial charge in [-0.05, 0) is 75.1 Å². The lowest BCUT2D eigenvalue weighted by Crippen LogP contribution is -2.40. The molecular formula is C22H25ClF3N3O. The minimum absolute atomic E-state index is 0. The number of carbonyl (C=O) groups is 1. The van der Waals surface area contributed by atoms with Crippen LogP contribution in [0.4, 0.5) is 19.0 Å². The van der Waals surface area contributed by atoms with Crippen molar-refractivity contribution in [3.05, 3.63) is 58.5 Å². The topological polar surface area (TPSA) is 54.0 Å². The van der Waals surface area contributed by atoms with Gasteiger partial charge in [-0.2, -0.15) is 0 Å². The number of aryl methyl sites for hydroxylation is 2. The molecule has 0 radical (unpaired) electrons. The van der Waals surface area contributed by atoms with Gasteiger partial charge in [0, 0.05) is 23.3 Å². The van der Waals surface area contributed by atoms with Gasteiger partial charge in [0.2, 0.25) is 0 Å². The van der Waals surface area contributed by atoms with Crippen molar-refractivity contribution in [3.63, 3.8) is 0 Å². The number of hydrogen-bond acceptors (Lipinski definition) is 3. The molecule has 4 nitrogen and oxygen atoms in total. The van der Waals surface area contributed by atoms with Gasteiger partial charge in [0.05, 0.1) is 0 Å². The van der Waals surface area contributed by atoms with E-state index in [1.54, 1.807) is 0 Å². The van der Waals surface area contributed by atoms with Crippen LogP contribution < -0.4 is 10.6 Å². The van der Waals surface area contributed by atoms with E-state index >= 15 is 0 Å². The van der Waals surface area contributed by atoms with Crippen molar-refractivity contribution < 1.29 is 18.0 Å². The number of carbonyl (C=O) groups excluding carboxylic acids is 1. The maximum absolute atomic E-state index is 13.3. The van der Waals surface area contributed by atoms with E-state index < -0.39 is 23.4 Å². The normalized spacial score (nSPS) is 20.6. The maximum Gasteiger partial charge on any atom is 0.251 e. The Hall–Kier alpha value is -2.28. The largest absolute Gasteiger partial charge is 0.367 e. The summed E-state index contributed by atoms with van der Waals surface area (Å²) >= 11 is 0. The van der Waals surface area contributed by atoms with Gasteiger partial charge in [0.1, 0.15) is 5.82 Å². The van der Waals surface area contributed by atoms with E-state index in [4.69, 9.17) is 4.98 Å². The number of amides is 1. The van der Waals surface area contributed by atoms with E-state index in [1.807, 2.05) is 6.07 Å². The van der Waals surface area contributed by atoms with Crippen molar-refractivity contribution >= 4 is 24.1 Å². The Morgan fingerprint density at radius 2 is 1.57 bits per heavy atom. The van der Waals surface area contributed by atoms with Crippen LogP contribution in [-0.4, -0.2) is 23.0 Å². The van der Waals surface area contributed by atoms with Crippen LogP contribution in [0, 0.1) is 17.5 Å². The number of nitrogens with one attached hydrogen (secondary N) is 2. The minimum Gasteiger partial charge on any atom is -0.367 e. The molecule has 1 heterocycles. The highest BCUT2D eigenvalue weighted by atomic mass is 35.5. The summed E-state index contributed by atoms with van der Waals surface area (Å²) in [6.45, 7) is 0. The Labute approximate surface area is 180 Å². The smallest absolute Gasteiger partial charge is 0.251 e. The van der Waals surface area contributed by atoms with Crippen LogP contribution in [-0.2, 0) is 12.8 Å². The van der Waals surface area contributed by atoms with E-state index in [0.717, 1.165) is 56.5 Å². The number of pyridine rings is 1. The average molecular weight is 440 g/mol. The van der Waals surface area contributed by atoms with Crippen LogP contribution in [0.15, 0.2) is 24.3 Å². The SMILES string of the molecule is Cl.O=C(NC1CCC(Nc2ccc3c(n2)CCCC3)CC1)c1cc(F)c(F)c(F)c1. The number of anilines is 1. The highest BCUT2D eigenvalue weighted by Gasteiger charge is 2.24. The van der Waals surface area contributed by atoms with Gasteiger partial charge in [0.15, 0.2) is 17.5 Å². The Balaban J connectivity index is 0.00000256. The number of aromatic nitrogens is 1. The summed E-state index contributed by atoms with van der Waals surface area (Å²) in [5, 5.41) is 6.29. The van der Waals surface area contributed by atoms with Crippen LogP contribution in [0.3, 0.4) is 0 Å². The second-order valence-corrected chi connectivity index (χ2v) is 7.93. The molecule has 162 valence electrons. The summed E-state index contributed by atoms with van der Waals surface area (Å²) in [6, 6.07) is 5.85. The van der Waals surface area contributed by atoms with Crippen molar-refractivity contribution in [1.29, 1.82) is 0 Å². The van der Waals surface area contributed by atoms with Crippen molar-refractivity contribution in [3.8, 4) is 0 Å². The summed E-state index contributed by atoms with van der Waals surface area (Å²) in [7, 11) is 0. The van der Waals surface area contributed by atoms with E-state index in [0.29, 0.717) is 0 Å². The molecule has 4 rings (SSSR count). The third kappa shape index (κ3) is 5.06. The van der Waals surface area contributed by atoms with Crippen LogP contribution in [0.1, 0.15) is 60.1 Å². The molecule has 0 spiro atoms. The fourth-order valence-electron chi connectivity index (χ4n) is 4.21. The molecule has 2 aliphatic carbocycles. The third-order valence-electron chi connectivity index (χ3n) is 5.84. The molecule has 0 unspecified atom stereocenters. The summed E-state index contributed by atoms with van der Waals surface area (Å²) in [5.41, 5.74) is 2.34. The molecule has 8 heteroatoms. The van der Waals surface area contributed by atoms with E-state index in [2.05, 4.69) is 16.7 Å². The molecule has 1 amide bonds. The molecule has 0 aliphatic heterocycles. The maximum atomic E-state index is 13.3. The number of fused-ring (bicyclic) bond motifs is 1. The molecule has 2 N–H and O–H groups in total. The lowest BCUT2D eigenvalue weighted by atomic mass is 9.90. The first-order valence-corrected chi connectivity index (χ1v) is 10.2. The molecule has 2 aromatic rings. The van der Waals surface area contributed by atoms with E-state index in [1.165, 1.54) is 24.1 Å². The van der Waals surface area contributed by atoms with E-state index in [9.17, 15) is 18.0 Å². The zero-order valence-corrected chi connectivity index (χ0v) is 17.3. The number of hydrogen-bond donors (Lipinski definition) is 2. The Morgan fingerprint density at radius 1 is 0.933 bits per heavy atom. The zero-order valence-electron chi connectivity index (χ0n) is 16.5. The quantitative estimate of drug-likeness (QED) is 0.662. The standard InChI is InChI=1S/C22H24F3N3O.ClH/c23-17-11-14(12-18(24)21(17)25)22(29)27-16-8-6-15(7-9-16)26-20-10-5-13-3-1-2-4-19(13)28-20;/h5,10-12,15-16H,1-4,6-9H2,(H,26,28)(H,27,29);1H. The van der Waals surface area contributed by atoms with Crippen molar-refractivity contribution in [2.24, 2.45) is 0 Å². The second kappa shape index (κ2) is 9.69. The van der Waals surface area contributed by atoms with Crippen molar-refractivity contribution in [2.75, 3.05) is 5.32 Å². The lowest BCUT2D eigenvalue weighted by molar-refractivity contribution is 0.0925. The van der Waals surface area contributed by atoms with Gasteiger partial charge < -0.3 is 10.6 Å². The highest BCUT2D eigenvalue weighted by Crippen LogP contribution is 2.25. The molecule has 2 aliphatic rings. The molecule has 1 aromatic heterocycles. The molecule has 1 saturated carbocycles. The summed E-state index contributed by atoms with van der Waals surface area (Å²) < 4.78 is 39.7. The fourth-order valence-corrected chi connectivity index (χ4v) is 4.21. The van der Waals surface area contributed by atoms with Crippen molar-refractivity contribution in [2.45, 2.75) is 63.5 Å². The van der Waals surface area contributed by atoms with Crippen molar-refractivity contribution in [1.82, 2.24) is 10.3 Å². The monoisotopic (exact) mass is 439 g/mol. The number of nitrogens with zero attached hydrogens (tertiary/aromatic N) is 1. The predicted octanol–water partition coefficient (Wildman–Crippen LogP) is 4.95. The van der Waals surface area contributed by atoms with Gasteiger partial charge in [-0.15, -0.1) is 12.4 Å². The molecule has 0 saturated heterocycles. The molecular weight excluding hydrogens is 415 g/mol. The summed E-state index contributed by atoms with van der Waals surface area (Å²) in [4.78, 5) is 17.0. The zero-order chi connectivity index (χ0) is 20.4. The van der Waals surface area contributed by atoms with Gasteiger partial charge in [-0.1, -0.05) is 6.07 Å². The van der Waals surface area contributed by atoms with Crippen LogP contribution >= 0.6 is 12.4 Å². The Morgan fingerprint density at radius 3 is 2.27 bits per heavy atom. The van der Waals surface area contributed by atoms with Gasteiger partial charge in [-0.25, -0.2) is 18.2 Å². The number of benzene rings is 1. The molecule has 0 bridgehead atoms. The van der Waals surface area contributed by atoms with Crippen LogP contribution in [0.25, 0.3) is 0 Å². The van der Waals surface area contributed by atoms with Crippen LogP contribution in [0.2, 0.25) is 0 Å². The number of halogens is 4. The fraction of sp³-hybridized carbons (Fsp3) is 0.455. The third-order valence-corrected chi connectivity index (χ3v) is 5.84. The molecule has 1 aromatic carbocycles. The average Bonchev–Trinajstić information content (AvgIpc) is 2.73. The Kier molecular flexibility index (Phi) is 7.23. The first kappa shape index (κ1) is 22.4. The first-order chi connectivity index (χ1) is 14.0. The van der Waals surface area contributed by atoms with Gasteiger partial charge in [-0.3, -0.25) is 4.79 Å². The summed E-state index contributed by atoms with van der Waals surface area (Å²) in [6.07, 6.45) is 7.78. The lowest BCUT2D eigenvalue weighted by Gasteiger charge is -2.30. The van der Waals surface area contributed by atoms with E-state index in [-0.39, 0.29) is 30.1 Å². The van der Waals surface area contributed by atoms with Gasteiger partial charge >= 0.3 is 0 Å². The van der Waals surface area contributed by atoms with Crippen LogP contribution in [0.5, 0.6) is 0 Å². The Bertz CT molecular complexity index is 893. The second-order valence-electron chi connectivity index (χ2n) is 7.93. The van der Waals surface area contributed by atoms with Gasteiger partial charge in [0.25, 0.3) is 5.91 Å². The summed E-state index contributed by atoms with van der Waals surface area (Å²) in [5.74, 6) is -3.98. The minimum atomic E-state index is -1.57.